The van der Waals surface area contributed by atoms with E-state index in [0.29, 0.717) is 12.0 Å². The van der Waals surface area contributed by atoms with Crippen LogP contribution >= 0.6 is 0 Å². The van der Waals surface area contributed by atoms with Crippen molar-refractivity contribution in [3.8, 4) is 11.3 Å². The molecule has 0 spiro atoms. The highest BCUT2D eigenvalue weighted by Crippen LogP contribution is 2.20. The number of aromatic nitrogens is 3. The van der Waals surface area contributed by atoms with Crippen molar-refractivity contribution in [1.29, 1.82) is 0 Å². The van der Waals surface area contributed by atoms with Gasteiger partial charge in [-0.25, -0.2) is 0 Å². The highest BCUT2D eigenvalue weighted by Gasteiger charge is 2.14. The van der Waals surface area contributed by atoms with Gasteiger partial charge in [0.05, 0.1) is 5.69 Å². The van der Waals surface area contributed by atoms with Crippen molar-refractivity contribution in [3.63, 3.8) is 0 Å². The number of hydrogen-bond donors (Lipinski definition) is 2. The van der Waals surface area contributed by atoms with Crippen LogP contribution in [0.2, 0.25) is 0 Å². The summed E-state index contributed by atoms with van der Waals surface area (Å²) in [6.07, 6.45) is 5.72. The first-order valence-electron chi connectivity index (χ1n) is 9.08. The van der Waals surface area contributed by atoms with Crippen LogP contribution in [0.1, 0.15) is 19.4 Å². The summed E-state index contributed by atoms with van der Waals surface area (Å²) in [7, 11) is 1.96. The van der Waals surface area contributed by atoms with Crippen LogP contribution in [0, 0.1) is 5.92 Å². The van der Waals surface area contributed by atoms with Gasteiger partial charge in [-0.15, -0.1) is 0 Å². The predicted molar refractivity (Wildman–Crippen MR) is 107 cm³/mol. The van der Waals surface area contributed by atoms with E-state index in [-0.39, 0.29) is 0 Å². The summed E-state index contributed by atoms with van der Waals surface area (Å²) < 4.78 is 1.86. The summed E-state index contributed by atoms with van der Waals surface area (Å²) >= 11 is 0. The summed E-state index contributed by atoms with van der Waals surface area (Å²) in [5, 5.41) is 11.8. The third-order valence-electron chi connectivity index (χ3n) is 4.45. The Labute approximate surface area is 155 Å². The maximum atomic E-state index is 4.60. The number of pyridine rings is 1. The topological polar surface area (TPSA) is 54.8 Å². The Kier molecular flexibility index (Phi) is 6.02. The number of nitrogens with zero attached hydrogens (tertiary/aromatic N) is 3. The smallest absolute Gasteiger partial charge is 0.0983 e. The number of anilines is 1. The van der Waals surface area contributed by atoms with Crippen LogP contribution < -0.4 is 10.6 Å². The number of para-hydroxylation sites is 1. The van der Waals surface area contributed by atoms with Crippen LogP contribution in [0.5, 0.6) is 0 Å². The van der Waals surface area contributed by atoms with Gasteiger partial charge in [0.25, 0.3) is 0 Å². The van der Waals surface area contributed by atoms with E-state index in [1.54, 1.807) is 6.20 Å². The molecule has 0 aliphatic carbocycles. The van der Waals surface area contributed by atoms with Crippen molar-refractivity contribution in [2.24, 2.45) is 13.0 Å². The van der Waals surface area contributed by atoms with Gasteiger partial charge in [0.2, 0.25) is 0 Å². The fourth-order valence-corrected chi connectivity index (χ4v) is 2.98. The zero-order valence-electron chi connectivity index (χ0n) is 15.7. The minimum Gasteiger partial charge on any atom is -0.381 e. The van der Waals surface area contributed by atoms with E-state index in [0.717, 1.165) is 30.0 Å². The fourth-order valence-electron chi connectivity index (χ4n) is 2.98. The molecule has 0 aliphatic rings. The van der Waals surface area contributed by atoms with E-state index in [1.165, 1.54) is 5.56 Å². The molecule has 0 radical (unpaired) electrons. The Hall–Kier alpha value is -2.66. The molecule has 26 heavy (non-hydrogen) atoms. The molecule has 3 rings (SSSR count). The first-order chi connectivity index (χ1) is 12.6. The van der Waals surface area contributed by atoms with Gasteiger partial charge in [0.15, 0.2) is 0 Å². The maximum absolute atomic E-state index is 4.60. The first kappa shape index (κ1) is 18.1. The zero-order valence-corrected chi connectivity index (χ0v) is 15.7. The Morgan fingerprint density at radius 1 is 1.08 bits per heavy atom. The SMILES string of the molecule is CC(C)C(CNCc1cn(C)nc1-c1cccnc1)Nc1ccccc1. The highest BCUT2D eigenvalue weighted by atomic mass is 15.3. The van der Waals surface area contributed by atoms with Gasteiger partial charge in [0.1, 0.15) is 0 Å². The summed E-state index contributed by atoms with van der Waals surface area (Å²) in [5.74, 6) is 0.523. The second kappa shape index (κ2) is 8.63. The molecule has 1 unspecified atom stereocenters. The molecule has 1 atom stereocenters. The first-order valence-corrected chi connectivity index (χ1v) is 9.08. The number of rotatable bonds is 8. The van der Waals surface area contributed by atoms with Crippen molar-refractivity contribution in [1.82, 2.24) is 20.1 Å². The molecular weight excluding hydrogens is 322 g/mol. The molecule has 0 bridgehead atoms. The van der Waals surface area contributed by atoms with Crippen LogP contribution in [0.3, 0.4) is 0 Å². The van der Waals surface area contributed by atoms with Crippen molar-refractivity contribution in [3.05, 3.63) is 66.6 Å². The molecular formula is C21H27N5. The lowest BCUT2D eigenvalue weighted by atomic mass is 10.0. The number of hydrogen-bond acceptors (Lipinski definition) is 4. The molecule has 2 N–H and O–H groups in total. The molecule has 0 aliphatic heterocycles. The summed E-state index contributed by atoms with van der Waals surface area (Å²) in [5.41, 5.74) is 4.38. The number of aryl methyl sites for hydroxylation is 1. The van der Waals surface area contributed by atoms with Gasteiger partial charge >= 0.3 is 0 Å². The molecule has 0 saturated carbocycles. The molecule has 0 saturated heterocycles. The van der Waals surface area contributed by atoms with Gasteiger partial charge in [-0.3, -0.25) is 9.67 Å². The van der Waals surface area contributed by atoms with Gasteiger partial charge < -0.3 is 10.6 Å². The molecule has 2 aromatic heterocycles. The summed E-state index contributed by atoms with van der Waals surface area (Å²) in [6.45, 7) is 6.15. The molecule has 1 aromatic carbocycles. The number of benzene rings is 1. The van der Waals surface area contributed by atoms with E-state index in [9.17, 15) is 0 Å². The summed E-state index contributed by atoms with van der Waals surface area (Å²) in [4.78, 5) is 4.21. The Morgan fingerprint density at radius 2 is 1.88 bits per heavy atom. The lowest BCUT2D eigenvalue weighted by Crippen LogP contribution is -2.36. The van der Waals surface area contributed by atoms with Crippen molar-refractivity contribution < 1.29 is 0 Å². The third kappa shape index (κ3) is 4.70. The van der Waals surface area contributed by atoms with Gasteiger partial charge in [-0.2, -0.15) is 5.10 Å². The van der Waals surface area contributed by atoms with E-state index < -0.39 is 0 Å². The predicted octanol–water partition coefficient (Wildman–Crippen LogP) is 3.71. The maximum Gasteiger partial charge on any atom is 0.0983 e. The summed E-state index contributed by atoms with van der Waals surface area (Å²) in [6, 6.07) is 14.7. The molecule has 5 heteroatoms. The average molecular weight is 349 g/mol. The largest absolute Gasteiger partial charge is 0.381 e. The van der Waals surface area contributed by atoms with E-state index in [2.05, 4.69) is 65.0 Å². The van der Waals surface area contributed by atoms with Crippen LogP contribution in [0.4, 0.5) is 5.69 Å². The molecule has 136 valence electrons. The van der Waals surface area contributed by atoms with Gasteiger partial charge in [-0.1, -0.05) is 32.0 Å². The molecule has 0 amide bonds. The minimum absolute atomic E-state index is 0.357. The standard InChI is InChI=1S/C21H27N5/c1-16(2)20(24-19-9-5-4-6-10-19)14-23-13-18-15-26(3)25-21(18)17-8-7-11-22-12-17/h4-12,15-16,20,23-24H,13-14H2,1-3H3. The highest BCUT2D eigenvalue weighted by molar-refractivity contribution is 5.61. The van der Waals surface area contributed by atoms with Crippen molar-refractivity contribution in [2.75, 3.05) is 11.9 Å². The third-order valence-corrected chi connectivity index (χ3v) is 4.45. The zero-order chi connectivity index (χ0) is 18.4. The average Bonchev–Trinajstić information content (AvgIpc) is 3.03. The second-order valence-electron chi connectivity index (χ2n) is 6.91. The molecule has 3 aromatic rings. The number of nitrogens with one attached hydrogen (secondary N) is 2. The Bertz CT molecular complexity index is 796. The van der Waals surface area contributed by atoms with Crippen LogP contribution in [0.25, 0.3) is 11.3 Å². The molecule has 0 fully saturated rings. The Morgan fingerprint density at radius 3 is 2.58 bits per heavy atom. The van der Waals surface area contributed by atoms with Gasteiger partial charge in [-0.05, 0) is 30.2 Å². The minimum atomic E-state index is 0.357. The van der Waals surface area contributed by atoms with Crippen molar-refractivity contribution in [2.45, 2.75) is 26.4 Å². The van der Waals surface area contributed by atoms with Crippen LogP contribution in [-0.2, 0) is 13.6 Å². The van der Waals surface area contributed by atoms with Gasteiger partial charge in [0, 0.05) is 61.6 Å². The molecule has 5 nitrogen and oxygen atoms in total. The van der Waals surface area contributed by atoms with E-state index in [4.69, 9.17) is 0 Å². The van der Waals surface area contributed by atoms with Crippen LogP contribution in [-0.4, -0.2) is 27.4 Å². The monoisotopic (exact) mass is 349 g/mol. The van der Waals surface area contributed by atoms with E-state index >= 15 is 0 Å². The van der Waals surface area contributed by atoms with Crippen LogP contribution in [0.15, 0.2) is 61.1 Å². The quantitative estimate of drug-likeness (QED) is 0.651. The van der Waals surface area contributed by atoms with E-state index in [1.807, 2.05) is 36.1 Å². The lowest BCUT2D eigenvalue weighted by molar-refractivity contribution is 0.484. The normalized spacial score (nSPS) is 12.3. The fraction of sp³-hybridized carbons (Fsp3) is 0.333. The lowest BCUT2D eigenvalue weighted by Gasteiger charge is -2.24. The molecule has 2 heterocycles. The second-order valence-corrected chi connectivity index (χ2v) is 6.91. The Balaban J connectivity index is 1.63. The van der Waals surface area contributed by atoms with Crippen molar-refractivity contribution >= 4 is 5.69 Å².